The average molecular weight is 372 g/mol. The fourth-order valence-corrected chi connectivity index (χ4v) is 3.41. The Morgan fingerprint density at radius 2 is 2.00 bits per heavy atom. The quantitative estimate of drug-likeness (QED) is 0.720. The third-order valence-electron chi connectivity index (χ3n) is 4.80. The number of benzene rings is 2. The Morgan fingerprint density at radius 1 is 1.18 bits per heavy atom. The van der Waals surface area contributed by atoms with E-state index in [2.05, 4.69) is 22.6 Å². The number of nitrogens with zero attached hydrogens (tertiary/aromatic N) is 2. The van der Waals surface area contributed by atoms with Gasteiger partial charge in [-0.05, 0) is 35.4 Å². The highest BCUT2D eigenvalue weighted by Gasteiger charge is 2.14. The standard InChI is InChI=1S/C22H20N4O2/c1-28-14-18-9-10-26(25-18)13-15-5-7-16(8-6-15)21-11-20-17(12-23)3-2-4-19(20)22(27)24-21/h2-11,18,25H,13-14H2,1H3,(H,24,27). The third kappa shape index (κ3) is 3.54. The number of aromatic amines is 1. The van der Waals surface area contributed by atoms with E-state index in [0.717, 1.165) is 17.7 Å². The van der Waals surface area contributed by atoms with Gasteiger partial charge in [0.15, 0.2) is 0 Å². The van der Waals surface area contributed by atoms with Crippen LogP contribution in [0, 0.1) is 11.3 Å². The second-order valence-electron chi connectivity index (χ2n) is 6.75. The lowest BCUT2D eigenvalue weighted by Crippen LogP contribution is -2.37. The number of aromatic nitrogens is 1. The molecule has 2 N–H and O–H groups in total. The summed E-state index contributed by atoms with van der Waals surface area (Å²) >= 11 is 0. The maximum Gasteiger partial charge on any atom is 0.256 e. The molecule has 0 fully saturated rings. The van der Waals surface area contributed by atoms with Crippen molar-refractivity contribution in [3.05, 3.63) is 82.3 Å². The van der Waals surface area contributed by atoms with Crippen LogP contribution < -0.4 is 11.0 Å². The van der Waals surface area contributed by atoms with Crippen LogP contribution in [0.25, 0.3) is 22.0 Å². The number of rotatable bonds is 5. The Hall–Kier alpha value is -3.40. The van der Waals surface area contributed by atoms with Gasteiger partial charge in [-0.25, -0.2) is 5.43 Å². The second kappa shape index (κ2) is 7.69. The number of fused-ring (bicyclic) bond motifs is 1. The van der Waals surface area contributed by atoms with Gasteiger partial charge in [-0.3, -0.25) is 4.79 Å². The minimum absolute atomic E-state index is 0.190. The van der Waals surface area contributed by atoms with E-state index in [4.69, 9.17) is 4.74 Å². The Balaban J connectivity index is 1.57. The highest BCUT2D eigenvalue weighted by Crippen LogP contribution is 2.23. The van der Waals surface area contributed by atoms with Gasteiger partial charge < -0.3 is 14.7 Å². The smallest absolute Gasteiger partial charge is 0.256 e. The monoisotopic (exact) mass is 372 g/mol. The van der Waals surface area contributed by atoms with Crippen molar-refractivity contribution in [2.75, 3.05) is 13.7 Å². The first-order valence-electron chi connectivity index (χ1n) is 9.03. The number of hydrogen-bond acceptors (Lipinski definition) is 5. The van der Waals surface area contributed by atoms with Crippen LogP contribution in [0.15, 0.2) is 65.6 Å². The summed E-state index contributed by atoms with van der Waals surface area (Å²) in [6.07, 6.45) is 4.09. The predicted octanol–water partition coefficient (Wildman–Crippen LogP) is 2.92. The summed E-state index contributed by atoms with van der Waals surface area (Å²) < 4.78 is 5.16. The van der Waals surface area contributed by atoms with Crippen molar-refractivity contribution in [2.24, 2.45) is 0 Å². The fraction of sp³-hybridized carbons (Fsp3) is 0.182. The minimum Gasteiger partial charge on any atom is -0.383 e. The molecule has 0 bridgehead atoms. The molecule has 0 spiro atoms. The summed E-state index contributed by atoms with van der Waals surface area (Å²) in [5.74, 6) is 0. The number of H-pyrrole nitrogens is 1. The van der Waals surface area contributed by atoms with Crippen molar-refractivity contribution in [1.82, 2.24) is 15.4 Å². The van der Waals surface area contributed by atoms with Gasteiger partial charge >= 0.3 is 0 Å². The van der Waals surface area contributed by atoms with Crippen LogP contribution in [0.3, 0.4) is 0 Å². The zero-order valence-corrected chi connectivity index (χ0v) is 15.5. The van der Waals surface area contributed by atoms with Crippen LogP contribution in [-0.2, 0) is 11.3 Å². The van der Waals surface area contributed by atoms with Crippen molar-refractivity contribution in [1.29, 1.82) is 5.26 Å². The van der Waals surface area contributed by atoms with Crippen LogP contribution in [0.5, 0.6) is 0 Å². The number of hydrazine groups is 1. The van der Waals surface area contributed by atoms with E-state index in [9.17, 15) is 10.1 Å². The Labute approximate surface area is 162 Å². The van der Waals surface area contributed by atoms with E-state index in [1.54, 1.807) is 25.3 Å². The highest BCUT2D eigenvalue weighted by atomic mass is 16.5. The molecule has 1 aliphatic rings. The van der Waals surface area contributed by atoms with E-state index < -0.39 is 0 Å². The highest BCUT2D eigenvalue weighted by molar-refractivity contribution is 5.89. The Morgan fingerprint density at radius 3 is 2.75 bits per heavy atom. The SMILES string of the molecule is COCC1C=CN(Cc2ccc(-c3cc4c(C#N)cccc4c(=O)[nH]3)cc2)N1. The molecule has 2 heterocycles. The minimum atomic E-state index is -0.190. The first-order valence-corrected chi connectivity index (χ1v) is 9.03. The molecule has 140 valence electrons. The van der Waals surface area contributed by atoms with Crippen LogP contribution in [0.2, 0.25) is 0 Å². The molecule has 6 heteroatoms. The van der Waals surface area contributed by atoms with E-state index >= 15 is 0 Å². The summed E-state index contributed by atoms with van der Waals surface area (Å²) in [4.78, 5) is 15.3. The molecule has 0 aliphatic carbocycles. The van der Waals surface area contributed by atoms with Crippen LogP contribution in [0.4, 0.5) is 0 Å². The molecule has 0 amide bonds. The number of hydrogen-bond donors (Lipinski definition) is 2. The molecule has 1 unspecified atom stereocenters. The predicted molar refractivity (Wildman–Crippen MR) is 108 cm³/mol. The van der Waals surface area contributed by atoms with Gasteiger partial charge in [-0.2, -0.15) is 5.26 Å². The maximum atomic E-state index is 12.4. The van der Waals surface area contributed by atoms with Gasteiger partial charge in [0.2, 0.25) is 0 Å². The van der Waals surface area contributed by atoms with Crippen LogP contribution in [0.1, 0.15) is 11.1 Å². The Bertz CT molecular complexity index is 1130. The second-order valence-corrected chi connectivity index (χ2v) is 6.75. The first-order chi connectivity index (χ1) is 13.7. The molecule has 1 atom stereocenters. The molecule has 2 aromatic carbocycles. The molecule has 3 aromatic rings. The van der Waals surface area contributed by atoms with Gasteiger partial charge in [0, 0.05) is 29.8 Å². The van der Waals surface area contributed by atoms with Crippen molar-refractivity contribution in [2.45, 2.75) is 12.6 Å². The number of methoxy groups -OCH3 is 1. The van der Waals surface area contributed by atoms with Crippen LogP contribution in [-0.4, -0.2) is 29.8 Å². The van der Waals surface area contributed by atoms with Crippen LogP contribution >= 0.6 is 0 Å². The molecule has 1 aliphatic heterocycles. The molecule has 28 heavy (non-hydrogen) atoms. The van der Waals surface area contributed by atoms with Gasteiger partial charge in [0.05, 0.1) is 30.8 Å². The summed E-state index contributed by atoms with van der Waals surface area (Å²) in [6, 6.07) is 17.4. The lowest BCUT2D eigenvalue weighted by Gasteiger charge is -2.19. The van der Waals surface area contributed by atoms with Gasteiger partial charge in [-0.15, -0.1) is 0 Å². The molecule has 6 nitrogen and oxygen atoms in total. The molecular weight excluding hydrogens is 352 g/mol. The maximum absolute atomic E-state index is 12.4. The van der Waals surface area contributed by atoms with E-state index in [1.165, 1.54) is 0 Å². The molecular formula is C22H20N4O2. The van der Waals surface area contributed by atoms with E-state index in [1.807, 2.05) is 41.5 Å². The first kappa shape index (κ1) is 18.0. The summed E-state index contributed by atoms with van der Waals surface area (Å²) in [7, 11) is 1.69. The lowest BCUT2D eigenvalue weighted by atomic mass is 10.0. The summed E-state index contributed by atoms with van der Waals surface area (Å²) in [5, 5.41) is 12.5. The molecule has 0 saturated heterocycles. The van der Waals surface area contributed by atoms with Gasteiger partial charge in [0.25, 0.3) is 5.56 Å². The van der Waals surface area contributed by atoms with Crippen molar-refractivity contribution in [3.63, 3.8) is 0 Å². The zero-order chi connectivity index (χ0) is 19.5. The third-order valence-corrected chi connectivity index (χ3v) is 4.80. The lowest BCUT2D eigenvalue weighted by molar-refractivity contribution is 0.153. The van der Waals surface area contributed by atoms with Crippen molar-refractivity contribution in [3.8, 4) is 17.3 Å². The average Bonchev–Trinajstić information content (AvgIpc) is 3.15. The molecule has 0 saturated carbocycles. The van der Waals surface area contributed by atoms with E-state index in [0.29, 0.717) is 28.6 Å². The zero-order valence-electron chi connectivity index (χ0n) is 15.5. The molecule has 4 rings (SSSR count). The number of nitriles is 1. The Kier molecular flexibility index (Phi) is 4.94. The summed E-state index contributed by atoms with van der Waals surface area (Å²) in [5.41, 5.74) is 6.39. The van der Waals surface area contributed by atoms with E-state index in [-0.39, 0.29) is 11.6 Å². The number of pyridine rings is 1. The fourth-order valence-electron chi connectivity index (χ4n) is 3.41. The normalized spacial score (nSPS) is 15.9. The topological polar surface area (TPSA) is 81.2 Å². The summed E-state index contributed by atoms with van der Waals surface area (Å²) in [6.45, 7) is 1.36. The van der Waals surface area contributed by atoms with Crippen molar-refractivity contribution < 1.29 is 4.74 Å². The largest absolute Gasteiger partial charge is 0.383 e. The number of nitrogens with one attached hydrogen (secondary N) is 2. The van der Waals surface area contributed by atoms with Gasteiger partial charge in [0.1, 0.15) is 0 Å². The van der Waals surface area contributed by atoms with Gasteiger partial charge in [-0.1, -0.05) is 30.3 Å². The molecule has 1 aromatic heterocycles. The number of ether oxygens (including phenoxy) is 1. The van der Waals surface area contributed by atoms with Crippen molar-refractivity contribution >= 4 is 10.8 Å². The molecule has 0 radical (unpaired) electrons.